The summed E-state index contributed by atoms with van der Waals surface area (Å²) in [5.41, 5.74) is 3.85. The van der Waals surface area contributed by atoms with Crippen molar-refractivity contribution < 1.29 is 12.8 Å². The summed E-state index contributed by atoms with van der Waals surface area (Å²) in [4.78, 5) is 12.5. The summed E-state index contributed by atoms with van der Waals surface area (Å²) in [5.74, 6) is 0. The van der Waals surface area contributed by atoms with Gasteiger partial charge in [0.1, 0.15) is 5.58 Å². The number of nitrogens with zero attached hydrogens (tertiary/aromatic N) is 1. The minimum absolute atomic E-state index is 0.0943. The zero-order valence-corrected chi connectivity index (χ0v) is 16.3. The Kier molecular flexibility index (Phi) is 3.30. The van der Waals surface area contributed by atoms with Crippen molar-refractivity contribution >= 4 is 37.5 Å². The Morgan fingerprint density at radius 3 is 2.55 bits per heavy atom. The second-order valence-corrected chi connectivity index (χ2v) is 9.54. The lowest BCUT2D eigenvalue weighted by molar-refractivity contribution is 0.558. The summed E-state index contributed by atoms with van der Waals surface area (Å²) in [7, 11) is -3.69. The topological polar surface area (TPSA) is 67.6 Å². The Morgan fingerprint density at radius 2 is 1.72 bits per heavy atom. The highest BCUT2D eigenvalue weighted by Gasteiger charge is 2.35. The highest BCUT2D eigenvalue weighted by molar-refractivity contribution is 7.93. The molecule has 6 rings (SSSR count). The van der Waals surface area contributed by atoms with Crippen molar-refractivity contribution in [2.45, 2.75) is 30.7 Å². The summed E-state index contributed by atoms with van der Waals surface area (Å²) >= 11 is 0. The van der Waals surface area contributed by atoms with E-state index >= 15 is 0 Å². The lowest BCUT2D eigenvalue weighted by Crippen LogP contribution is -2.27. The predicted molar refractivity (Wildman–Crippen MR) is 112 cm³/mol. The Hall–Kier alpha value is -3.12. The predicted octanol–water partition coefficient (Wildman–Crippen LogP) is 4.14. The van der Waals surface area contributed by atoms with Crippen LogP contribution in [0.5, 0.6) is 0 Å². The Morgan fingerprint density at radius 1 is 0.966 bits per heavy atom. The van der Waals surface area contributed by atoms with Gasteiger partial charge in [-0.15, -0.1) is 0 Å². The maximum atomic E-state index is 13.3. The van der Waals surface area contributed by atoms with Crippen molar-refractivity contribution in [2.24, 2.45) is 0 Å². The fraction of sp³-hybridized carbons (Fsp3) is 0.174. The van der Waals surface area contributed by atoms with Crippen LogP contribution in [0.1, 0.15) is 23.1 Å². The summed E-state index contributed by atoms with van der Waals surface area (Å²) in [6.07, 6.45) is 3.07. The van der Waals surface area contributed by atoms with E-state index in [9.17, 15) is 13.2 Å². The second-order valence-electron chi connectivity index (χ2n) is 7.70. The number of sulfonamides is 1. The van der Waals surface area contributed by atoms with Crippen LogP contribution in [0.4, 0.5) is 5.69 Å². The van der Waals surface area contributed by atoms with Gasteiger partial charge in [0.2, 0.25) is 0 Å². The maximum Gasteiger partial charge on any atom is 0.336 e. The average Bonchev–Trinajstić information content (AvgIpc) is 3.24. The van der Waals surface area contributed by atoms with Gasteiger partial charge in [-0.2, -0.15) is 0 Å². The van der Waals surface area contributed by atoms with Gasteiger partial charge < -0.3 is 4.42 Å². The molecule has 0 N–H and O–H groups in total. The van der Waals surface area contributed by atoms with Crippen molar-refractivity contribution in [3.05, 3.63) is 81.7 Å². The number of aryl methyl sites for hydroxylation is 2. The van der Waals surface area contributed by atoms with Crippen LogP contribution < -0.4 is 9.93 Å². The van der Waals surface area contributed by atoms with Gasteiger partial charge in [0.15, 0.2) is 0 Å². The molecular formula is C23H17NO4S. The molecule has 29 heavy (non-hydrogen) atoms. The van der Waals surface area contributed by atoms with Gasteiger partial charge >= 0.3 is 5.63 Å². The van der Waals surface area contributed by atoms with Crippen LogP contribution in [0.15, 0.2) is 68.7 Å². The van der Waals surface area contributed by atoms with Crippen LogP contribution in [0.2, 0.25) is 0 Å². The van der Waals surface area contributed by atoms with Gasteiger partial charge in [-0.1, -0.05) is 24.3 Å². The quantitative estimate of drug-likeness (QED) is 0.472. The van der Waals surface area contributed by atoms with Gasteiger partial charge in [-0.3, -0.25) is 4.31 Å². The minimum Gasteiger partial charge on any atom is -0.423 e. The Labute approximate surface area is 167 Å². The first-order valence-electron chi connectivity index (χ1n) is 9.65. The molecular weight excluding hydrogens is 386 g/mol. The molecule has 6 heteroatoms. The second kappa shape index (κ2) is 5.70. The van der Waals surface area contributed by atoms with Crippen molar-refractivity contribution in [3.63, 3.8) is 0 Å². The summed E-state index contributed by atoms with van der Waals surface area (Å²) < 4.78 is 33.5. The zero-order chi connectivity index (χ0) is 19.8. The molecule has 1 aliphatic carbocycles. The molecule has 0 radical (unpaired) electrons. The van der Waals surface area contributed by atoms with Crippen LogP contribution >= 0.6 is 0 Å². The van der Waals surface area contributed by atoms with Gasteiger partial charge in [-0.05, 0) is 65.6 Å². The third kappa shape index (κ3) is 2.32. The summed E-state index contributed by atoms with van der Waals surface area (Å²) in [5, 5.41) is 2.44. The lowest BCUT2D eigenvalue weighted by Gasteiger charge is -2.20. The molecule has 0 atom stereocenters. The molecule has 2 heterocycles. The van der Waals surface area contributed by atoms with E-state index in [0.29, 0.717) is 21.7 Å². The van der Waals surface area contributed by atoms with Crippen molar-refractivity contribution in [3.8, 4) is 0 Å². The van der Waals surface area contributed by atoms with Gasteiger partial charge in [0, 0.05) is 16.8 Å². The molecule has 0 fully saturated rings. The van der Waals surface area contributed by atoms with Crippen molar-refractivity contribution in [1.82, 2.24) is 0 Å². The Balaban J connectivity index is 1.56. The van der Waals surface area contributed by atoms with E-state index in [0.717, 1.165) is 35.4 Å². The number of hydrogen-bond acceptors (Lipinski definition) is 4. The normalized spacial score (nSPS) is 16.6. The highest BCUT2D eigenvalue weighted by atomic mass is 32.2. The SMILES string of the molecule is O=c1cc(CN2c3cccc4cccc(c34)S2(=O)=O)c2cc3c(cc2o1)CCC3. The fourth-order valence-electron chi connectivity index (χ4n) is 4.71. The molecule has 4 aromatic rings. The van der Waals surface area contributed by atoms with Gasteiger partial charge in [0.25, 0.3) is 10.0 Å². The van der Waals surface area contributed by atoms with Gasteiger partial charge in [-0.25, -0.2) is 13.2 Å². The molecule has 0 bridgehead atoms. The minimum atomic E-state index is -3.69. The monoisotopic (exact) mass is 403 g/mol. The van der Waals surface area contributed by atoms with Crippen LogP contribution in [-0.2, 0) is 29.4 Å². The maximum absolute atomic E-state index is 13.3. The third-order valence-electron chi connectivity index (χ3n) is 6.04. The van der Waals surface area contributed by atoms with Crippen LogP contribution in [0.25, 0.3) is 21.7 Å². The first-order chi connectivity index (χ1) is 14.0. The van der Waals surface area contributed by atoms with E-state index in [1.54, 1.807) is 12.1 Å². The molecule has 1 aliphatic heterocycles. The molecule has 3 aromatic carbocycles. The first-order valence-corrected chi connectivity index (χ1v) is 11.1. The summed E-state index contributed by atoms with van der Waals surface area (Å²) in [6.45, 7) is 0.0943. The molecule has 0 saturated heterocycles. The van der Waals surface area contributed by atoms with Crippen molar-refractivity contribution in [1.29, 1.82) is 0 Å². The molecule has 0 unspecified atom stereocenters. The smallest absolute Gasteiger partial charge is 0.336 e. The Bertz CT molecular complexity index is 1500. The number of hydrogen-bond donors (Lipinski definition) is 0. The largest absolute Gasteiger partial charge is 0.423 e. The molecule has 0 spiro atoms. The highest BCUT2D eigenvalue weighted by Crippen LogP contribution is 2.43. The molecule has 0 saturated carbocycles. The van der Waals surface area contributed by atoms with Crippen LogP contribution in [-0.4, -0.2) is 8.42 Å². The van der Waals surface area contributed by atoms with Crippen LogP contribution in [0, 0.1) is 0 Å². The summed E-state index contributed by atoms with van der Waals surface area (Å²) in [6, 6.07) is 16.3. The van der Waals surface area contributed by atoms with Crippen LogP contribution in [0.3, 0.4) is 0 Å². The van der Waals surface area contributed by atoms with E-state index in [1.807, 2.05) is 30.3 Å². The number of benzene rings is 3. The number of anilines is 1. The standard InChI is InChI=1S/C23H17NO4S/c25-22-12-17(18-10-15-6-1-7-16(15)11-20(18)28-22)13-24-19-8-2-4-14-5-3-9-21(23(14)19)29(24,26)27/h2-5,8-12H,1,6-7,13H2. The van der Waals surface area contributed by atoms with E-state index in [2.05, 4.69) is 6.07 Å². The molecule has 1 aromatic heterocycles. The molecule has 5 nitrogen and oxygen atoms in total. The fourth-order valence-corrected chi connectivity index (χ4v) is 6.40. The van der Waals surface area contributed by atoms with E-state index in [-0.39, 0.29) is 6.54 Å². The third-order valence-corrected chi connectivity index (χ3v) is 7.84. The van der Waals surface area contributed by atoms with E-state index in [4.69, 9.17) is 4.42 Å². The molecule has 144 valence electrons. The average molecular weight is 403 g/mol. The lowest BCUT2D eigenvalue weighted by atomic mass is 10.0. The van der Waals surface area contributed by atoms with E-state index in [1.165, 1.54) is 21.5 Å². The van der Waals surface area contributed by atoms with Gasteiger partial charge in [0.05, 0.1) is 17.1 Å². The zero-order valence-electron chi connectivity index (χ0n) is 15.5. The van der Waals surface area contributed by atoms with Crippen molar-refractivity contribution in [2.75, 3.05) is 4.31 Å². The molecule has 0 amide bonds. The first kappa shape index (κ1) is 16.8. The number of fused-ring (bicyclic) bond motifs is 2. The number of rotatable bonds is 2. The van der Waals surface area contributed by atoms with E-state index < -0.39 is 15.6 Å². The molecule has 2 aliphatic rings.